The zero-order valence-corrected chi connectivity index (χ0v) is 22.3. The van der Waals surface area contributed by atoms with Crippen molar-refractivity contribution in [2.75, 3.05) is 6.16 Å². The molecule has 1 aliphatic rings. The molecule has 2 rings (SSSR count). The van der Waals surface area contributed by atoms with Crippen LogP contribution < -0.4 is 80.2 Å². The number of ether oxygens (including phenoxy) is 1. The monoisotopic (exact) mass is 462 g/mol. The minimum atomic E-state index is -5.12. The number of H-pyrrole nitrogens is 1. The largest absolute Gasteiger partial charge is 1.00 e. The second-order valence-electron chi connectivity index (χ2n) is 7.54. The molecule has 0 aliphatic carbocycles. The first-order chi connectivity index (χ1) is 12.7. The minimum Gasteiger partial charge on any atom is -0.811 e. The quantitative estimate of drug-likeness (QED) is 0.191. The van der Waals surface area contributed by atoms with E-state index in [1.165, 1.54) is 0 Å². The molecular weight excluding hydrogens is 441 g/mol. The van der Waals surface area contributed by atoms with Crippen molar-refractivity contribution in [2.24, 2.45) is 5.41 Å². The van der Waals surface area contributed by atoms with Crippen LogP contribution in [-0.4, -0.2) is 55.4 Å². The van der Waals surface area contributed by atoms with Gasteiger partial charge in [0.25, 0.3) is 5.56 Å². The fraction of sp³-hybridized carbons (Fsp3) is 0.625. The maximum Gasteiger partial charge on any atom is 1.00 e. The van der Waals surface area contributed by atoms with Gasteiger partial charge in [0.2, 0.25) is 0 Å². The van der Waals surface area contributed by atoms with Crippen LogP contribution >= 0.6 is 7.60 Å². The van der Waals surface area contributed by atoms with E-state index in [9.17, 15) is 39.3 Å². The van der Waals surface area contributed by atoms with Gasteiger partial charge in [0.05, 0.1) is 6.10 Å². The third-order valence-corrected chi connectivity index (χ3v) is 4.70. The molecule has 0 spiro atoms. The van der Waals surface area contributed by atoms with E-state index in [4.69, 9.17) is 4.74 Å². The smallest absolute Gasteiger partial charge is 0.811 e. The Kier molecular flexibility index (Phi) is 11.5. The molecule has 0 amide bonds. The van der Waals surface area contributed by atoms with Crippen LogP contribution in [0.4, 0.5) is 0 Å². The molecule has 1 fully saturated rings. The van der Waals surface area contributed by atoms with Gasteiger partial charge in [0.15, 0.2) is 6.23 Å². The van der Waals surface area contributed by atoms with Crippen molar-refractivity contribution in [2.45, 2.75) is 51.4 Å². The molecule has 2 heterocycles. The number of aliphatic hydroxyl groups excluding tert-OH is 3. The van der Waals surface area contributed by atoms with Crippen LogP contribution in [0.3, 0.4) is 0 Å². The molecule has 0 saturated carbocycles. The van der Waals surface area contributed by atoms with Gasteiger partial charge in [-0.2, -0.15) is 0 Å². The molecule has 1 aromatic heterocycles. The van der Waals surface area contributed by atoms with Gasteiger partial charge >= 0.3 is 64.8 Å². The number of rotatable bonds is 4. The van der Waals surface area contributed by atoms with Crippen LogP contribution in [-0.2, 0) is 9.30 Å². The summed E-state index contributed by atoms with van der Waals surface area (Å²) in [6.45, 7) is 5.42. The fourth-order valence-electron chi connectivity index (χ4n) is 2.58. The molecule has 0 unspecified atom stereocenters. The predicted molar refractivity (Wildman–Crippen MR) is 92.1 cm³/mol. The van der Waals surface area contributed by atoms with Crippen LogP contribution in [0.2, 0.25) is 0 Å². The van der Waals surface area contributed by atoms with E-state index < -0.39 is 61.1 Å². The number of aromatic amines is 1. The van der Waals surface area contributed by atoms with E-state index in [1.807, 2.05) is 4.98 Å². The van der Waals surface area contributed by atoms with Gasteiger partial charge in [-0.3, -0.25) is 14.3 Å². The Balaban J connectivity index is 0.00000420. The summed E-state index contributed by atoms with van der Waals surface area (Å²) in [5.74, 6) is 5.42. The second-order valence-corrected chi connectivity index (χ2v) is 9.13. The van der Waals surface area contributed by atoms with Crippen molar-refractivity contribution >= 4 is 7.60 Å². The first kappa shape index (κ1) is 30.2. The number of hydrogen-bond acceptors (Lipinski definition) is 9. The van der Waals surface area contributed by atoms with Crippen molar-refractivity contribution in [3.8, 4) is 11.8 Å². The van der Waals surface area contributed by atoms with E-state index >= 15 is 0 Å². The van der Waals surface area contributed by atoms with Crippen molar-refractivity contribution < 1.29 is 93.5 Å². The van der Waals surface area contributed by atoms with Crippen LogP contribution in [0.15, 0.2) is 15.8 Å². The topological polar surface area (TPSA) is 188 Å². The van der Waals surface area contributed by atoms with E-state index in [-0.39, 0.29) is 64.7 Å². The van der Waals surface area contributed by atoms with Gasteiger partial charge in [-0.1, -0.05) is 19.4 Å². The summed E-state index contributed by atoms with van der Waals surface area (Å²) in [7, 11) is -5.12. The number of nitrogens with zero attached hydrogens (tertiary/aromatic N) is 1. The average Bonchev–Trinajstić information content (AvgIpc) is 2.80. The van der Waals surface area contributed by atoms with Crippen molar-refractivity contribution in [1.82, 2.24) is 9.55 Å². The molecule has 1 saturated heterocycles. The van der Waals surface area contributed by atoms with E-state index in [0.717, 1.165) is 10.8 Å². The molecule has 156 valence electrons. The standard InChI is InChI=1S/C16H23N2O9P.2Na/c1-16(2,3)5-4-8-6-18(15(23)17-13(8)22)14-11(21)10(20)12(27-14)9(19)7-28(24,25)26;;/h6,9-12,14,19-21H,7H2,1-3H3,(H,17,22,23)(H2,24,25,26);;/q;2*+1/p-2/t9-,10+,11-,12-,14-;;/m1../s1. The van der Waals surface area contributed by atoms with Crippen molar-refractivity contribution in [3.63, 3.8) is 0 Å². The number of aliphatic hydroxyl groups is 3. The molecule has 4 N–H and O–H groups in total. The van der Waals surface area contributed by atoms with Gasteiger partial charge < -0.3 is 34.4 Å². The molecule has 1 aliphatic heterocycles. The molecule has 0 bridgehead atoms. The molecule has 11 nitrogen and oxygen atoms in total. The summed E-state index contributed by atoms with van der Waals surface area (Å²) in [6.07, 6.45) is -8.84. The van der Waals surface area contributed by atoms with Crippen molar-refractivity contribution in [1.29, 1.82) is 0 Å². The van der Waals surface area contributed by atoms with Crippen molar-refractivity contribution in [3.05, 3.63) is 32.6 Å². The normalized spacial score (nSPS) is 24.8. The maximum atomic E-state index is 12.1. The Labute approximate surface area is 216 Å². The molecule has 5 atom stereocenters. The SMILES string of the molecule is CC(C)(C)C#Cc1cn([C@@H]2O[C@H]([C@H](O)CP(=O)([O-])[O-])[C@@H](O)[C@H]2O)c(=O)[nH]c1=O.[Na+].[Na+]. The van der Waals surface area contributed by atoms with E-state index in [2.05, 4.69) is 11.8 Å². The van der Waals surface area contributed by atoms with Gasteiger partial charge in [-0.15, -0.1) is 0 Å². The van der Waals surface area contributed by atoms with Gasteiger partial charge in [0, 0.05) is 17.8 Å². The predicted octanol–water partition coefficient (Wildman–Crippen LogP) is -9.16. The zero-order valence-electron chi connectivity index (χ0n) is 17.4. The number of aromatic nitrogens is 2. The Hall–Kier alpha value is 0.230. The van der Waals surface area contributed by atoms with Gasteiger partial charge in [-0.05, 0) is 20.8 Å². The van der Waals surface area contributed by atoms with E-state index in [0.29, 0.717) is 0 Å². The van der Waals surface area contributed by atoms with Crippen LogP contribution in [0, 0.1) is 17.3 Å². The average molecular weight is 462 g/mol. The summed E-state index contributed by atoms with van der Waals surface area (Å²) in [6, 6.07) is 0. The molecular formula is C16H21N2Na2O9P. The van der Waals surface area contributed by atoms with Gasteiger partial charge in [-0.25, -0.2) is 4.79 Å². The molecule has 0 radical (unpaired) electrons. The van der Waals surface area contributed by atoms with Crippen LogP contribution in [0.25, 0.3) is 0 Å². The molecule has 0 aromatic carbocycles. The first-order valence-electron chi connectivity index (χ1n) is 8.29. The molecule has 30 heavy (non-hydrogen) atoms. The Morgan fingerprint density at radius 3 is 2.33 bits per heavy atom. The molecule has 14 heteroatoms. The number of nitrogens with one attached hydrogen (secondary N) is 1. The third kappa shape index (κ3) is 7.98. The Morgan fingerprint density at radius 1 is 1.27 bits per heavy atom. The van der Waals surface area contributed by atoms with Crippen LogP contribution in [0.5, 0.6) is 0 Å². The summed E-state index contributed by atoms with van der Waals surface area (Å²) in [5, 5.41) is 30.1. The zero-order chi connectivity index (χ0) is 21.4. The Morgan fingerprint density at radius 2 is 1.83 bits per heavy atom. The minimum absolute atomic E-state index is 0. The molecule has 1 aromatic rings. The number of hydrogen-bond donors (Lipinski definition) is 4. The van der Waals surface area contributed by atoms with Gasteiger partial charge in [0.1, 0.15) is 23.9 Å². The summed E-state index contributed by atoms with van der Waals surface area (Å²) < 4.78 is 16.8. The maximum absolute atomic E-state index is 12.1. The fourth-order valence-corrected chi connectivity index (χ4v) is 3.25. The second kappa shape index (κ2) is 11.4. The first-order valence-corrected chi connectivity index (χ1v) is 10.0. The van der Waals surface area contributed by atoms with Crippen LogP contribution in [0.1, 0.15) is 32.6 Å². The van der Waals surface area contributed by atoms with E-state index in [1.54, 1.807) is 20.8 Å². The summed E-state index contributed by atoms with van der Waals surface area (Å²) >= 11 is 0. The summed E-state index contributed by atoms with van der Waals surface area (Å²) in [4.78, 5) is 47.7. The summed E-state index contributed by atoms with van der Waals surface area (Å²) in [5.41, 5.74) is -2.28. The third-order valence-electron chi connectivity index (χ3n) is 3.88. The Bertz CT molecular complexity index is 956.